The van der Waals surface area contributed by atoms with E-state index < -0.39 is 88.9 Å². The number of carbonyl (C=O) groups excluding carboxylic acids is 8. The molecule has 3 heterocycles. The monoisotopic (exact) mass is 1040 g/mol. The number of ether oxygens (including phenoxy) is 2. The number of carboxylic acids is 1. The Morgan fingerprint density at radius 2 is 1.48 bits per heavy atom. The van der Waals surface area contributed by atoms with Crippen molar-refractivity contribution < 1.29 is 57.7 Å². The number of nitrogens with zero attached hydrogens (tertiary/aromatic N) is 7. The Labute approximate surface area is 433 Å². The topological polar surface area (TPSA) is 256 Å². The van der Waals surface area contributed by atoms with Gasteiger partial charge in [0.05, 0.1) is 42.7 Å². The summed E-state index contributed by atoms with van der Waals surface area (Å²) in [6, 6.07) is 7.13. The number of ketones is 2. The lowest BCUT2D eigenvalue weighted by Gasteiger charge is -2.41. The lowest BCUT2D eigenvalue weighted by molar-refractivity contribution is -0.150. The molecule has 4 rings (SSSR count). The maximum Gasteiger partial charge on any atom is 0.307 e. The summed E-state index contributed by atoms with van der Waals surface area (Å²) in [7, 11) is 6.10. The smallest absolute Gasteiger partial charge is 0.307 e. The molecule has 0 radical (unpaired) electrons. The molecule has 20 nitrogen and oxygen atoms in total. The zero-order valence-electron chi connectivity index (χ0n) is 43.9. The number of aliphatic carboxylic acids is 1. The standard InChI is InChI=1S/C52H73ClN8O12/c1-12-31(6)46(39(72-10)28-44(68)60-24-16-19-36(60)47(73-11)32(7)37(62)26-34(49(70)71)25-33-17-14-13-15-18-33)59(9)48(69)35(29(2)3)27-38(63)45(30(4)5)58(8)41(65)21-20-40(64)54-51-55-50(53)56-52(57-51)61-42(66)22-23-43(61)67/h13-15,17-18,22-23,29-32,34-36,39,45-47H,12,16,19-21,24-28H2,1-11H3,(H,70,71)(H,54,55,56,57,64)/t31?,32-,34+,35-,36-,39+,45-,46-,47+/m0/s1. The summed E-state index contributed by atoms with van der Waals surface area (Å²) in [5.41, 5.74) is 0.811. The molecule has 73 heavy (non-hydrogen) atoms. The van der Waals surface area contributed by atoms with Gasteiger partial charge >= 0.3 is 5.97 Å². The lowest BCUT2D eigenvalue weighted by Crippen LogP contribution is -2.54. The van der Waals surface area contributed by atoms with Gasteiger partial charge in [0.2, 0.25) is 40.8 Å². The summed E-state index contributed by atoms with van der Waals surface area (Å²) in [4.78, 5) is 137. The van der Waals surface area contributed by atoms with E-state index in [0.29, 0.717) is 30.7 Å². The van der Waals surface area contributed by atoms with Gasteiger partial charge in [0.1, 0.15) is 5.78 Å². The number of carbonyl (C=O) groups is 9. The minimum absolute atomic E-state index is 0.0924. The molecule has 0 spiro atoms. The van der Waals surface area contributed by atoms with Crippen LogP contribution in [0.5, 0.6) is 0 Å². The van der Waals surface area contributed by atoms with Crippen molar-refractivity contribution in [2.24, 2.45) is 35.5 Å². The van der Waals surface area contributed by atoms with Crippen LogP contribution in [0, 0.1) is 35.5 Å². The van der Waals surface area contributed by atoms with Gasteiger partial charge < -0.3 is 29.3 Å². The Morgan fingerprint density at radius 3 is 2.04 bits per heavy atom. The molecule has 1 saturated heterocycles. The molecule has 2 N–H and O–H groups in total. The normalized spacial score (nSPS) is 18.0. The largest absolute Gasteiger partial charge is 0.481 e. The van der Waals surface area contributed by atoms with Crippen LogP contribution in [0.4, 0.5) is 11.9 Å². The maximum absolute atomic E-state index is 14.7. The first-order valence-electron chi connectivity index (χ1n) is 24.9. The third kappa shape index (κ3) is 15.5. The fourth-order valence-corrected chi connectivity index (χ4v) is 10.1. The van der Waals surface area contributed by atoms with E-state index in [-0.39, 0.29) is 85.6 Å². The van der Waals surface area contributed by atoms with Crippen molar-refractivity contribution >= 4 is 76.5 Å². The summed E-state index contributed by atoms with van der Waals surface area (Å²) >= 11 is 5.98. The van der Waals surface area contributed by atoms with Crippen LogP contribution >= 0.6 is 11.6 Å². The maximum atomic E-state index is 14.7. The summed E-state index contributed by atoms with van der Waals surface area (Å²) in [5.74, 6) is -8.93. The fraction of sp³-hybridized carbons (Fsp3) is 0.615. The molecule has 21 heteroatoms. The molecular formula is C52H73ClN8O12. The van der Waals surface area contributed by atoms with Gasteiger partial charge in [-0.05, 0) is 54.2 Å². The van der Waals surface area contributed by atoms with Crippen molar-refractivity contribution in [2.45, 2.75) is 137 Å². The number of benzene rings is 1. The van der Waals surface area contributed by atoms with E-state index >= 15 is 0 Å². The number of imide groups is 1. The molecule has 0 bridgehead atoms. The molecule has 1 aromatic heterocycles. The highest BCUT2D eigenvalue weighted by atomic mass is 35.5. The zero-order chi connectivity index (χ0) is 54.4. The van der Waals surface area contributed by atoms with E-state index in [2.05, 4.69) is 20.3 Å². The van der Waals surface area contributed by atoms with E-state index in [1.807, 2.05) is 58.0 Å². The molecule has 6 amide bonds. The summed E-state index contributed by atoms with van der Waals surface area (Å²) in [6.07, 6.45) is 1.51. The lowest BCUT2D eigenvalue weighted by atomic mass is 9.83. The van der Waals surface area contributed by atoms with E-state index in [0.717, 1.165) is 17.7 Å². The number of aromatic nitrogens is 3. The van der Waals surface area contributed by atoms with Crippen molar-refractivity contribution in [3.05, 3.63) is 53.3 Å². The summed E-state index contributed by atoms with van der Waals surface area (Å²) in [6.45, 7) is 13.3. The average molecular weight is 1040 g/mol. The second-order valence-electron chi connectivity index (χ2n) is 19.8. The molecule has 400 valence electrons. The van der Waals surface area contributed by atoms with Crippen molar-refractivity contribution in [2.75, 3.05) is 45.1 Å². The first-order valence-corrected chi connectivity index (χ1v) is 25.3. The Hall–Kier alpha value is -5.99. The Bertz CT molecular complexity index is 2330. The second kappa shape index (κ2) is 27.3. The van der Waals surface area contributed by atoms with Crippen LogP contribution in [-0.2, 0) is 59.0 Å². The number of anilines is 2. The van der Waals surface area contributed by atoms with Crippen LogP contribution in [0.3, 0.4) is 0 Å². The van der Waals surface area contributed by atoms with Crippen LogP contribution in [0.1, 0.15) is 105 Å². The van der Waals surface area contributed by atoms with E-state index in [1.165, 1.54) is 26.2 Å². The molecule has 0 aliphatic carbocycles. The van der Waals surface area contributed by atoms with Gasteiger partial charge in [-0.3, -0.25) is 48.5 Å². The SMILES string of the molecule is CCC(C)[C@@H]([C@@H](CC(=O)N1CCC[C@H]1[C@H](OC)[C@@H](C)C(=O)C[C@@H](Cc1ccccc1)C(=O)O)OC)N(C)C(=O)[C@@H](CC(=O)[C@H](C(C)C)N(C)C(=O)CCC(=O)Nc1nc(Cl)nc(N2C(=O)C=CC2=O)n1)C(C)C. The van der Waals surface area contributed by atoms with Gasteiger partial charge in [-0.25, -0.2) is 4.90 Å². The number of Topliss-reactive ketones (excluding diaryl/α,β-unsaturated/α-hetero) is 2. The number of likely N-dealkylation sites (tertiary alicyclic amines) is 1. The number of halogens is 1. The Kier molecular flexibility index (Phi) is 22.3. The van der Waals surface area contributed by atoms with Crippen LogP contribution < -0.4 is 10.2 Å². The number of methoxy groups -OCH3 is 2. The first kappa shape index (κ1) is 59.6. The predicted molar refractivity (Wildman–Crippen MR) is 271 cm³/mol. The third-order valence-corrected chi connectivity index (χ3v) is 14.4. The van der Waals surface area contributed by atoms with E-state index in [9.17, 15) is 48.3 Å². The fourth-order valence-electron chi connectivity index (χ4n) is 9.99. The molecule has 2 aliphatic rings. The van der Waals surface area contributed by atoms with Gasteiger partial charge in [-0.15, -0.1) is 0 Å². The Morgan fingerprint density at radius 1 is 0.836 bits per heavy atom. The predicted octanol–water partition coefficient (Wildman–Crippen LogP) is 5.21. The molecule has 0 saturated carbocycles. The highest BCUT2D eigenvalue weighted by molar-refractivity contribution is 6.29. The van der Waals surface area contributed by atoms with Crippen LogP contribution in [0.25, 0.3) is 0 Å². The quantitative estimate of drug-likeness (QED) is 0.104. The molecule has 2 aromatic rings. The number of amides is 6. The van der Waals surface area contributed by atoms with Crippen molar-refractivity contribution in [1.29, 1.82) is 0 Å². The zero-order valence-corrected chi connectivity index (χ0v) is 44.7. The first-order chi connectivity index (χ1) is 34.4. The van der Waals surface area contributed by atoms with Crippen molar-refractivity contribution in [3.63, 3.8) is 0 Å². The number of hydrogen-bond donors (Lipinski definition) is 2. The van der Waals surface area contributed by atoms with Gasteiger partial charge in [-0.1, -0.05) is 85.2 Å². The number of rotatable bonds is 28. The summed E-state index contributed by atoms with van der Waals surface area (Å²) < 4.78 is 12.0. The number of carboxylic acid groups (broad SMARTS) is 1. The molecule has 9 atom stereocenters. The minimum Gasteiger partial charge on any atom is -0.481 e. The number of nitrogens with one attached hydrogen (secondary N) is 1. The van der Waals surface area contributed by atoms with E-state index in [1.54, 1.807) is 37.6 Å². The highest BCUT2D eigenvalue weighted by Gasteiger charge is 2.44. The number of hydrogen-bond acceptors (Lipinski definition) is 14. The Balaban J connectivity index is 1.43. The minimum atomic E-state index is -1.07. The van der Waals surface area contributed by atoms with Crippen LogP contribution in [0.2, 0.25) is 5.28 Å². The van der Waals surface area contributed by atoms with Crippen LogP contribution in [-0.4, -0.2) is 153 Å². The van der Waals surface area contributed by atoms with Gasteiger partial charge in [0.15, 0.2) is 5.78 Å². The van der Waals surface area contributed by atoms with Crippen LogP contribution in [0.15, 0.2) is 42.5 Å². The molecule has 1 aromatic carbocycles. The molecule has 1 unspecified atom stereocenters. The van der Waals surface area contributed by atoms with Gasteiger partial charge in [-0.2, -0.15) is 15.0 Å². The molecular weight excluding hydrogens is 964 g/mol. The van der Waals surface area contributed by atoms with Gasteiger partial charge in [0.25, 0.3) is 11.8 Å². The van der Waals surface area contributed by atoms with Gasteiger partial charge in [0, 0.05) is 84.5 Å². The second-order valence-corrected chi connectivity index (χ2v) is 20.2. The van der Waals surface area contributed by atoms with Crippen molar-refractivity contribution in [3.8, 4) is 0 Å². The molecule has 1 fully saturated rings. The average Bonchev–Trinajstić information content (AvgIpc) is 3.97. The molecule has 2 aliphatic heterocycles. The van der Waals surface area contributed by atoms with E-state index in [4.69, 9.17) is 21.1 Å². The number of likely N-dealkylation sites (N-methyl/N-ethyl adjacent to an activating group) is 2. The van der Waals surface area contributed by atoms with Crippen molar-refractivity contribution in [1.82, 2.24) is 29.7 Å². The highest BCUT2D eigenvalue weighted by Crippen LogP contribution is 2.32. The summed E-state index contributed by atoms with van der Waals surface area (Å²) in [5, 5.41) is 12.0. The third-order valence-electron chi connectivity index (χ3n) is 14.2.